The van der Waals surface area contributed by atoms with E-state index in [9.17, 15) is 13.2 Å². The molecule has 20 heavy (non-hydrogen) atoms. The van der Waals surface area contributed by atoms with Gasteiger partial charge in [0.2, 0.25) is 5.95 Å². The Hall–Kier alpha value is -1.37. The van der Waals surface area contributed by atoms with E-state index in [-0.39, 0.29) is 12.0 Å². The van der Waals surface area contributed by atoms with Crippen molar-refractivity contribution in [3.05, 3.63) is 18.0 Å². The summed E-state index contributed by atoms with van der Waals surface area (Å²) in [6.45, 7) is 4.84. The molecule has 0 aromatic carbocycles. The highest BCUT2D eigenvalue weighted by Crippen LogP contribution is 2.27. The normalized spacial score (nSPS) is 13.8. The van der Waals surface area contributed by atoms with Crippen LogP contribution in [0.1, 0.15) is 26.0 Å². The van der Waals surface area contributed by atoms with Crippen molar-refractivity contribution in [3.8, 4) is 0 Å². The van der Waals surface area contributed by atoms with Crippen LogP contribution in [0.15, 0.2) is 12.3 Å². The Morgan fingerprint density at radius 1 is 1.30 bits per heavy atom. The lowest BCUT2D eigenvalue weighted by molar-refractivity contribution is -0.141. The summed E-state index contributed by atoms with van der Waals surface area (Å²) in [7, 11) is 3.84. The lowest BCUT2D eigenvalue weighted by Gasteiger charge is -2.24. The first-order valence-corrected chi connectivity index (χ1v) is 6.50. The molecular weight excluding hydrogens is 269 g/mol. The Morgan fingerprint density at radius 2 is 1.95 bits per heavy atom. The molecule has 7 heteroatoms. The molecule has 1 rings (SSSR count). The fraction of sp³-hybridized carbons (Fsp3) is 0.692. The molecule has 0 aliphatic rings. The van der Waals surface area contributed by atoms with Gasteiger partial charge in [-0.05, 0) is 32.5 Å². The number of rotatable bonds is 6. The van der Waals surface area contributed by atoms with Gasteiger partial charge in [0.25, 0.3) is 0 Å². The van der Waals surface area contributed by atoms with E-state index < -0.39 is 11.9 Å². The average molecular weight is 290 g/mol. The molecule has 0 bridgehead atoms. The summed E-state index contributed by atoms with van der Waals surface area (Å²) in [5.41, 5.74) is -0.928. The summed E-state index contributed by atoms with van der Waals surface area (Å²) in [5.74, 6) is 0.450. The number of aromatic nitrogens is 2. The van der Waals surface area contributed by atoms with Crippen molar-refractivity contribution in [2.75, 3.05) is 26.0 Å². The van der Waals surface area contributed by atoms with Crippen LogP contribution in [0.25, 0.3) is 0 Å². The third-order valence-electron chi connectivity index (χ3n) is 2.62. The first-order chi connectivity index (χ1) is 9.18. The van der Waals surface area contributed by atoms with Gasteiger partial charge in [0.05, 0.1) is 0 Å². The Kier molecular flexibility index (Phi) is 5.74. The van der Waals surface area contributed by atoms with E-state index in [2.05, 4.69) is 29.1 Å². The molecule has 0 amide bonds. The zero-order valence-electron chi connectivity index (χ0n) is 12.2. The predicted octanol–water partition coefficient (Wildman–Crippen LogP) is 2.88. The van der Waals surface area contributed by atoms with Crippen molar-refractivity contribution in [2.45, 2.75) is 32.5 Å². The van der Waals surface area contributed by atoms with Crippen LogP contribution in [-0.2, 0) is 6.18 Å². The lowest BCUT2D eigenvalue weighted by atomic mass is 10.0. The van der Waals surface area contributed by atoms with Crippen molar-refractivity contribution in [3.63, 3.8) is 0 Å². The third kappa shape index (κ3) is 5.73. The molecule has 1 aromatic rings. The molecule has 1 atom stereocenters. The minimum Gasteiger partial charge on any atom is -0.350 e. The number of likely N-dealkylation sites (N-methyl/N-ethyl adjacent to an activating group) is 1. The van der Waals surface area contributed by atoms with E-state index in [0.717, 1.165) is 18.7 Å². The molecule has 4 nitrogen and oxygen atoms in total. The molecule has 0 fully saturated rings. The molecule has 1 aromatic heterocycles. The molecule has 0 radical (unpaired) electrons. The molecule has 0 saturated carbocycles. The predicted molar refractivity (Wildman–Crippen MR) is 72.5 cm³/mol. The quantitative estimate of drug-likeness (QED) is 0.874. The van der Waals surface area contributed by atoms with Crippen LogP contribution < -0.4 is 5.32 Å². The first kappa shape index (κ1) is 16.7. The van der Waals surface area contributed by atoms with Crippen molar-refractivity contribution < 1.29 is 13.2 Å². The van der Waals surface area contributed by atoms with Crippen LogP contribution in [0.2, 0.25) is 0 Å². The number of halogens is 3. The maximum atomic E-state index is 12.6. The Morgan fingerprint density at radius 3 is 2.45 bits per heavy atom. The largest absolute Gasteiger partial charge is 0.433 e. The van der Waals surface area contributed by atoms with Gasteiger partial charge in [0.15, 0.2) is 0 Å². The fourth-order valence-electron chi connectivity index (χ4n) is 1.96. The Balaban J connectivity index is 2.82. The number of nitrogens with zero attached hydrogens (tertiary/aromatic N) is 3. The Bertz CT molecular complexity index is 408. The van der Waals surface area contributed by atoms with Gasteiger partial charge < -0.3 is 10.2 Å². The summed E-state index contributed by atoms with van der Waals surface area (Å²) in [6.07, 6.45) is -2.49. The monoisotopic (exact) mass is 290 g/mol. The topological polar surface area (TPSA) is 41.0 Å². The van der Waals surface area contributed by atoms with Gasteiger partial charge in [0.1, 0.15) is 5.69 Å². The standard InChI is InChI=1S/C13H21F3N4/c1-9(2)7-10(8-20(3)4)18-12-17-6-5-11(19-12)13(14,15)16/h5-6,9-10H,7-8H2,1-4H3,(H,17,18,19). The summed E-state index contributed by atoms with van der Waals surface area (Å²) in [5, 5.41) is 2.99. The zero-order valence-corrected chi connectivity index (χ0v) is 12.2. The molecule has 0 aliphatic heterocycles. The van der Waals surface area contributed by atoms with Crippen LogP contribution in [0, 0.1) is 5.92 Å². The molecule has 0 saturated heterocycles. The van der Waals surface area contributed by atoms with Gasteiger partial charge in [-0.3, -0.25) is 0 Å². The van der Waals surface area contributed by atoms with Crippen LogP contribution in [0.5, 0.6) is 0 Å². The van der Waals surface area contributed by atoms with Crippen LogP contribution in [0.4, 0.5) is 19.1 Å². The van der Waals surface area contributed by atoms with E-state index in [1.54, 1.807) is 0 Å². The number of alkyl halides is 3. The van der Waals surface area contributed by atoms with Gasteiger partial charge in [0, 0.05) is 18.8 Å². The van der Waals surface area contributed by atoms with Gasteiger partial charge in [-0.25, -0.2) is 9.97 Å². The summed E-state index contributed by atoms with van der Waals surface area (Å²) in [6, 6.07) is 0.877. The second-order valence-electron chi connectivity index (χ2n) is 5.50. The van der Waals surface area contributed by atoms with E-state index in [4.69, 9.17) is 0 Å². The third-order valence-corrected chi connectivity index (χ3v) is 2.62. The zero-order chi connectivity index (χ0) is 15.3. The molecule has 0 aliphatic carbocycles. The SMILES string of the molecule is CC(C)CC(CN(C)C)Nc1nccc(C(F)(F)F)n1. The molecule has 1 unspecified atom stereocenters. The van der Waals surface area contributed by atoms with Gasteiger partial charge in [-0.1, -0.05) is 13.8 Å². The van der Waals surface area contributed by atoms with E-state index >= 15 is 0 Å². The highest BCUT2D eigenvalue weighted by Gasteiger charge is 2.32. The molecule has 0 spiro atoms. The first-order valence-electron chi connectivity index (χ1n) is 6.50. The van der Waals surface area contributed by atoms with Crippen LogP contribution >= 0.6 is 0 Å². The van der Waals surface area contributed by atoms with Crippen molar-refractivity contribution in [1.82, 2.24) is 14.9 Å². The highest BCUT2D eigenvalue weighted by atomic mass is 19.4. The summed E-state index contributed by atoms with van der Waals surface area (Å²) < 4.78 is 37.8. The number of anilines is 1. The fourth-order valence-corrected chi connectivity index (χ4v) is 1.96. The number of nitrogens with one attached hydrogen (secondary N) is 1. The van der Waals surface area contributed by atoms with Crippen molar-refractivity contribution in [1.29, 1.82) is 0 Å². The summed E-state index contributed by atoms with van der Waals surface area (Å²) in [4.78, 5) is 9.38. The van der Waals surface area contributed by atoms with Crippen LogP contribution in [-0.4, -0.2) is 41.5 Å². The minimum atomic E-state index is -4.45. The minimum absolute atomic E-state index is 0.00786. The highest BCUT2D eigenvalue weighted by molar-refractivity contribution is 5.27. The molecule has 1 N–H and O–H groups in total. The average Bonchev–Trinajstić information content (AvgIpc) is 2.26. The molecule has 1 heterocycles. The van der Waals surface area contributed by atoms with Gasteiger partial charge in [-0.15, -0.1) is 0 Å². The maximum Gasteiger partial charge on any atom is 0.433 e. The van der Waals surface area contributed by atoms with E-state index in [1.807, 2.05) is 19.0 Å². The molecule has 114 valence electrons. The smallest absolute Gasteiger partial charge is 0.350 e. The van der Waals surface area contributed by atoms with Gasteiger partial charge >= 0.3 is 6.18 Å². The second-order valence-corrected chi connectivity index (χ2v) is 5.50. The van der Waals surface area contributed by atoms with E-state index in [1.165, 1.54) is 0 Å². The number of hydrogen-bond donors (Lipinski definition) is 1. The summed E-state index contributed by atoms with van der Waals surface area (Å²) >= 11 is 0. The maximum absolute atomic E-state index is 12.6. The van der Waals surface area contributed by atoms with Crippen molar-refractivity contribution in [2.24, 2.45) is 5.92 Å². The van der Waals surface area contributed by atoms with Crippen molar-refractivity contribution >= 4 is 5.95 Å². The lowest BCUT2D eigenvalue weighted by Crippen LogP contribution is -2.34. The number of hydrogen-bond acceptors (Lipinski definition) is 4. The molecular formula is C13H21F3N4. The van der Waals surface area contributed by atoms with Gasteiger partial charge in [-0.2, -0.15) is 13.2 Å². The second kappa shape index (κ2) is 6.88. The Labute approximate surface area is 117 Å². The van der Waals surface area contributed by atoms with E-state index in [0.29, 0.717) is 12.5 Å². The van der Waals surface area contributed by atoms with Crippen LogP contribution in [0.3, 0.4) is 0 Å².